The topological polar surface area (TPSA) is 0 Å². The molecule has 1 saturated carbocycles. The van der Waals surface area contributed by atoms with Gasteiger partial charge in [-0.25, -0.2) is 0 Å². The van der Waals surface area contributed by atoms with Crippen LogP contribution in [0.25, 0.3) is 0 Å². The smallest absolute Gasteiger partial charge is 0.00703 e. The molecular weight excluding hydrogens is 232 g/mol. The van der Waals surface area contributed by atoms with Crippen molar-refractivity contribution in [2.45, 2.75) is 12.8 Å². The molecule has 0 nitrogen and oxygen atoms in total. The second kappa shape index (κ2) is 3.21. The minimum absolute atomic E-state index is 0.898. The molecule has 1 aliphatic rings. The van der Waals surface area contributed by atoms with E-state index >= 15 is 0 Å². The zero-order valence-electron chi connectivity index (χ0n) is 4.74. The normalized spacial score (nSPS) is 19.9. The van der Waals surface area contributed by atoms with Gasteiger partial charge in [-0.1, -0.05) is 31.9 Å². The molecule has 0 aromatic rings. The molecule has 0 radical (unpaired) electrons. The predicted molar refractivity (Wildman–Crippen MR) is 43.8 cm³/mol. The SMILES string of the molecule is BrCC(CBr)C1CC1. The average Bonchev–Trinajstić information content (AvgIpc) is 2.53. The predicted octanol–water partition coefficient (Wildman–Crippen LogP) is 2.80. The molecule has 0 saturated heterocycles. The van der Waals surface area contributed by atoms with E-state index in [2.05, 4.69) is 31.9 Å². The Balaban J connectivity index is 2.15. The number of alkyl halides is 2. The van der Waals surface area contributed by atoms with Crippen molar-refractivity contribution in [3.8, 4) is 0 Å². The van der Waals surface area contributed by atoms with Crippen molar-refractivity contribution in [3.05, 3.63) is 0 Å². The maximum Gasteiger partial charge on any atom is 0.00703 e. The third kappa shape index (κ3) is 1.73. The van der Waals surface area contributed by atoms with E-state index in [1.165, 1.54) is 23.5 Å². The highest BCUT2D eigenvalue weighted by Crippen LogP contribution is 2.38. The van der Waals surface area contributed by atoms with E-state index in [-0.39, 0.29) is 0 Å². The van der Waals surface area contributed by atoms with Crippen LogP contribution < -0.4 is 0 Å². The Labute approximate surface area is 67.3 Å². The zero-order chi connectivity index (χ0) is 5.98. The van der Waals surface area contributed by atoms with E-state index in [1.807, 2.05) is 0 Å². The molecule has 0 aromatic heterocycles. The number of hydrogen-bond donors (Lipinski definition) is 0. The minimum Gasteiger partial charge on any atom is -0.0925 e. The van der Waals surface area contributed by atoms with E-state index in [4.69, 9.17) is 0 Å². The first-order valence-corrected chi connectivity index (χ1v) is 5.24. The molecule has 1 aliphatic carbocycles. The van der Waals surface area contributed by atoms with E-state index in [1.54, 1.807) is 0 Å². The van der Waals surface area contributed by atoms with Crippen LogP contribution in [0.15, 0.2) is 0 Å². The van der Waals surface area contributed by atoms with E-state index in [9.17, 15) is 0 Å². The molecule has 1 fully saturated rings. The molecule has 0 amide bonds. The zero-order valence-corrected chi connectivity index (χ0v) is 7.91. The van der Waals surface area contributed by atoms with Crippen molar-refractivity contribution in [1.82, 2.24) is 0 Å². The summed E-state index contributed by atoms with van der Waals surface area (Å²) in [5.41, 5.74) is 0. The molecule has 8 heavy (non-hydrogen) atoms. The van der Waals surface area contributed by atoms with E-state index in [0.29, 0.717) is 0 Å². The lowest BCUT2D eigenvalue weighted by atomic mass is 10.1. The summed E-state index contributed by atoms with van der Waals surface area (Å²) in [5.74, 6) is 1.93. The molecule has 48 valence electrons. The highest BCUT2D eigenvalue weighted by Gasteiger charge is 2.29. The summed E-state index contributed by atoms with van der Waals surface area (Å²) in [6.07, 6.45) is 2.92. The standard InChI is InChI=1S/C6H10Br2/c7-3-6(4-8)5-1-2-5/h5-6H,1-4H2. The fourth-order valence-electron chi connectivity index (χ4n) is 0.861. The van der Waals surface area contributed by atoms with Crippen molar-refractivity contribution in [3.63, 3.8) is 0 Å². The molecule has 0 N–H and O–H groups in total. The van der Waals surface area contributed by atoms with Gasteiger partial charge in [0.05, 0.1) is 0 Å². The van der Waals surface area contributed by atoms with Gasteiger partial charge in [-0.15, -0.1) is 0 Å². The van der Waals surface area contributed by atoms with Crippen LogP contribution >= 0.6 is 31.9 Å². The summed E-state index contributed by atoms with van der Waals surface area (Å²) >= 11 is 6.97. The van der Waals surface area contributed by atoms with Crippen molar-refractivity contribution < 1.29 is 0 Å². The molecule has 0 atom stereocenters. The molecule has 0 aliphatic heterocycles. The molecule has 1 rings (SSSR count). The molecule has 0 heterocycles. The van der Waals surface area contributed by atoms with Crippen molar-refractivity contribution in [1.29, 1.82) is 0 Å². The Bertz CT molecular complexity index is 64.9. The van der Waals surface area contributed by atoms with Gasteiger partial charge in [0.2, 0.25) is 0 Å². The fraction of sp³-hybridized carbons (Fsp3) is 1.00. The molecule has 0 aromatic carbocycles. The summed E-state index contributed by atoms with van der Waals surface area (Å²) in [6, 6.07) is 0. The first-order chi connectivity index (χ1) is 3.88. The quantitative estimate of drug-likeness (QED) is 0.667. The van der Waals surface area contributed by atoms with Crippen LogP contribution in [-0.4, -0.2) is 10.7 Å². The monoisotopic (exact) mass is 240 g/mol. The van der Waals surface area contributed by atoms with Crippen LogP contribution in [0.2, 0.25) is 0 Å². The molecular formula is C6H10Br2. The van der Waals surface area contributed by atoms with E-state index < -0.39 is 0 Å². The maximum atomic E-state index is 3.49. The summed E-state index contributed by atoms with van der Waals surface area (Å²) < 4.78 is 0. The average molecular weight is 242 g/mol. The first-order valence-electron chi connectivity index (χ1n) is 3.00. The Hall–Kier alpha value is 0.960. The molecule has 0 unspecified atom stereocenters. The third-order valence-electron chi connectivity index (χ3n) is 1.69. The van der Waals surface area contributed by atoms with Crippen molar-refractivity contribution in [2.24, 2.45) is 11.8 Å². The van der Waals surface area contributed by atoms with Gasteiger partial charge in [0.25, 0.3) is 0 Å². The van der Waals surface area contributed by atoms with Crippen LogP contribution in [0.3, 0.4) is 0 Å². The summed E-state index contributed by atoms with van der Waals surface area (Å²) in [7, 11) is 0. The van der Waals surface area contributed by atoms with Crippen LogP contribution in [0, 0.1) is 11.8 Å². The Morgan fingerprint density at radius 3 is 1.88 bits per heavy atom. The lowest BCUT2D eigenvalue weighted by Gasteiger charge is -2.05. The Kier molecular flexibility index (Phi) is 2.84. The Morgan fingerprint density at radius 1 is 1.25 bits per heavy atom. The largest absolute Gasteiger partial charge is 0.0925 e. The van der Waals surface area contributed by atoms with Gasteiger partial charge in [-0.05, 0) is 24.7 Å². The van der Waals surface area contributed by atoms with Crippen LogP contribution in [-0.2, 0) is 0 Å². The van der Waals surface area contributed by atoms with Gasteiger partial charge in [0.1, 0.15) is 0 Å². The lowest BCUT2D eigenvalue weighted by Crippen LogP contribution is -2.04. The summed E-state index contributed by atoms with van der Waals surface area (Å²) in [6.45, 7) is 0. The lowest BCUT2D eigenvalue weighted by molar-refractivity contribution is 0.591. The van der Waals surface area contributed by atoms with Crippen LogP contribution in [0.5, 0.6) is 0 Å². The second-order valence-corrected chi connectivity index (χ2v) is 3.70. The minimum atomic E-state index is 0.898. The van der Waals surface area contributed by atoms with Crippen LogP contribution in [0.4, 0.5) is 0 Å². The first kappa shape index (κ1) is 7.07. The van der Waals surface area contributed by atoms with Gasteiger partial charge < -0.3 is 0 Å². The van der Waals surface area contributed by atoms with Crippen molar-refractivity contribution >= 4 is 31.9 Å². The molecule has 0 spiro atoms. The van der Waals surface area contributed by atoms with Gasteiger partial charge in [0.15, 0.2) is 0 Å². The Morgan fingerprint density at radius 2 is 1.75 bits per heavy atom. The summed E-state index contributed by atoms with van der Waals surface area (Å²) in [4.78, 5) is 0. The highest BCUT2D eigenvalue weighted by atomic mass is 79.9. The molecule has 0 bridgehead atoms. The second-order valence-electron chi connectivity index (χ2n) is 2.41. The van der Waals surface area contributed by atoms with Gasteiger partial charge in [-0.2, -0.15) is 0 Å². The summed E-state index contributed by atoms with van der Waals surface area (Å²) in [5, 5.41) is 2.34. The van der Waals surface area contributed by atoms with Gasteiger partial charge >= 0.3 is 0 Å². The fourth-order valence-corrected chi connectivity index (χ4v) is 2.99. The molecule has 2 heteroatoms. The third-order valence-corrected chi connectivity index (χ3v) is 3.35. The number of hydrogen-bond acceptors (Lipinski definition) is 0. The van der Waals surface area contributed by atoms with Gasteiger partial charge in [-0.3, -0.25) is 0 Å². The van der Waals surface area contributed by atoms with Gasteiger partial charge in [0, 0.05) is 10.7 Å². The van der Waals surface area contributed by atoms with Crippen molar-refractivity contribution in [2.75, 3.05) is 10.7 Å². The number of rotatable bonds is 3. The highest BCUT2D eigenvalue weighted by molar-refractivity contribution is 9.09. The maximum absolute atomic E-state index is 3.49. The van der Waals surface area contributed by atoms with E-state index in [0.717, 1.165) is 11.8 Å². The number of halogens is 2. The van der Waals surface area contributed by atoms with Crippen LogP contribution in [0.1, 0.15) is 12.8 Å².